The molecule has 1 aromatic carbocycles. The lowest BCUT2D eigenvalue weighted by Crippen LogP contribution is -2.44. The van der Waals surface area contributed by atoms with Crippen molar-refractivity contribution in [2.45, 2.75) is 25.7 Å². The van der Waals surface area contributed by atoms with Crippen molar-refractivity contribution in [3.8, 4) is 5.75 Å². The number of benzene rings is 1. The summed E-state index contributed by atoms with van der Waals surface area (Å²) in [5, 5.41) is 11.1. The maximum Gasteiger partial charge on any atom is 0.273 e. The quantitative estimate of drug-likeness (QED) is 0.617. The van der Waals surface area contributed by atoms with Crippen molar-refractivity contribution in [3.05, 3.63) is 28.3 Å². The molecule has 6 nitrogen and oxygen atoms in total. The van der Waals surface area contributed by atoms with Gasteiger partial charge in [-0.1, -0.05) is 12.8 Å². The molecule has 2 aliphatic rings. The maximum atomic E-state index is 11.1. The number of nitro groups is 1. The molecule has 126 valence electrons. The summed E-state index contributed by atoms with van der Waals surface area (Å²) in [5.41, 5.74) is 1.09. The average molecular weight is 319 g/mol. The van der Waals surface area contributed by atoms with Crippen molar-refractivity contribution < 1.29 is 9.66 Å². The zero-order valence-corrected chi connectivity index (χ0v) is 13.7. The second-order valence-corrected chi connectivity index (χ2v) is 6.66. The Morgan fingerprint density at radius 2 is 1.91 bits per heavy atom. The van der Waals surface area contributed by atoms with Crippen molar-refractivity contribution >= 4 is 11.4 Å². The van der Waals surface area contributed by atoms with Crippen LogP contribution in [0.1, 0.15) is 25.7 Å². The molecule has 2 fully saturated rings. The summed E-state index contributed by atoms with van der Waals surface area (Å²) < 4.78 is 6.03. The monoisotopic (exact) mass is 319 g/mol. The molecule has 1 aliphatic carbocycles. The predicted octanol–water partition coefficient (Wildman–Crippen LogP) is 2.92. The van der Waals surface area contributed by atoms with Crippen LogP contribution in [0, 0.1) is 16.0 Å². The molecule has 0 aromatic heterocycles. The Bertz CT molecular complexity index is 550. The number of hydrogen-bond donors (Lipinski definition) is 0. The highest BCUT2D eigenvalue weighted by Crippen LogP contribution is 2.34. The van der Waals surface area contributed by atoms with Crippen LogP contribution in [0.3, 0.4) is 0 Å². The first-order valence-corrected chi connectivity index (χ1v) is 8.48. The number of non-ortho nitro benzene ring substituents is 1. The Balaban J connectivity index is 1.77. The highest BCUT2D eigenvalue weighted by Gasteiger charge is 2.22. The molecular formula is C17H25N3O3. The van der Waals surface area contributed by atoms with E-state index in [1.54, 1.807) is 12.1 Å². The number of likely N-dealkylation sites (N-methyl/N-ethyl adjacent to an activating group) is 1. The Kier molecular flexibility index (Phi) is 5.00. The summed E-state index contributed by atoms with van der Waals surface area (Å²) in [6, 6.07) is 5.01. The summed E-state index contributed by atoms with van der Waals surface area (Å²) in [5.74, 6) is 1.25. The third kappa shape index (κ3) is 3.93. The molecule has 1 saturated heterocycles. The van der Waals surface area contributed by atoms with Crippen LogP contribution >= 0.6 is 0 Å². The SMILES string of the molecule is CN1CCN(c2ccc([N+](=O)[O-])cc2OCC2CCCC2)CC1. The van der Waals surface area contributed by atoms with Gasteiger partial charge in [-0.25, -0.2) is 0 Å². The van der Waals surface area contributed by atoms with Gasteiger partial charge in [-0.2, -0.15) is 0 Å². The summed E-state index contributed by atoms with van der Waals surface area (Å²) >= 11 is 0. The minimum atomic E-state index is -0.351. The first kappa shape index (κ1) is 16.1. The standard InChI is InChI=1S/C17H25N3O3/c1-18-8-10-19(11-9-18)16-7-6-15(20(21)22)12-17(16)23-13-14-4-2-3-5-14/h6-7,12,14H,2-5,8-11,13H2,1H3. The van der Waals surface area contributed by atoms with E-state index >= 15 is 0 Å². The number of piperazine rings is 1. The third-order valence-electron chi connectivity index (χ3n) is 4.95. The molecule has 6 heteroatoms. The summed E-state index contributed by atoms with van der Waals surface area (Å²) in [7, 11) is 2.12. The van der Waals surface area contributed by atoms with Gasteiger partial charge >= 0.3 is 0 Å². The molecule has 0 radical (unpaired) electrons. The smallest absolute Gasteiger partial charge is 0.273 e. The summed E-state index contributed by atoms with van der Waals surface area (Å²) in [6.45, 7) is 4.52. The normalized spacial score (nSPS) is 20.0. The molecule has 0 amide bonds. The highest BCUT2D eigenvalue weighted by molar-refractivity contribution is 5.62. The lowest BCUT2D eigenvalue weighted by Gasteiger charge is -2.34. The molecule has 1 aliphatic heterocycles. The highest BCUT2D eigenvalue weighted by atomic mass is 16.6. The van der Waals surface area contributed by atoms with Gasteiger partial charge in [0.2, 0.25) is 0 Å². The zero-order chi connectivity index (χ0) is 16.2. The van der Waals surface area contributed by atoms with Crippen LogP contribution in [0.2, 0.25) is 0 Å². The van der Waals surface area contributed by atoms with Crippen LogP contribution < -0.4 is 9.64 Å². The van der Waals surface area contributed by atoms with Crippen LogP contribution in [0.5, 0.6) is 5.75 Å². The van der Waals surface area contributed by atoms with E-state index in [4.69, 9.17) is 4.74 Å². The Morgan fingerprint density at radius 1 is 1.22 bits per heavy atom. The van der Waals surface area contributed by atoms with E-state index in [-0.39, 0.29) is 10.6 Å². The minimum absolute atomic E-state index is 0.101. The van der Waals surface area contributed by atoms with E-state index in [0.29, 0.717) is 18.3 Å². The predicted molar refractivity (Wildman–Crippen MR) is 90.3 cm³/mol. The first-order valence-electron chi connectivity index (χ1n) is 8.48. The van der Waals surface area contributed by atoms with E-state index < -0.39 is 0 Å². The minimum Gasteiger partial charge on any atom is -0.491 e. The van der Waals surface area contributed by atoms with Gasteiger partial charge in [0.25, 0.3) is 5.69 Å². The van der Waals surface area contributed by atoms with Crippen molar-refractivity contribution in [2.24, 2.45) is 5.92 Å². The average Bonchev–Trinajstić information content (AvgIpc) is 3.07. The molecule has 0 N–H and O–H groups in total. The van der Waals surface area contributed by atoms with E-state index in [1.807, 2.05) is 6.07 Å². The molecule has 1 saturated carbocycles. The Hall–Kier alpha value is -1.82. The lowest BCUT2D eigenvalue weighted by atomic mass is 10.1. The molecule has 1 aromatic rings. The van der Waals surface area contributed by atoms with Crippen LogP contribution in [-0.4, -0.2) is 49.7 Å². The first-order chi connectivity index (χ1) is 11.1. The topological polar surface area (TPSA) is 58.9 Å². The third-order valence-corrected chi connectivity index (χ3v) is 4.95. The van der Waals surface area contributed by atoms with Crippen LogP contribution in [-0.2, 0) is 0 Å². The van der Waals surface area contributed by atoms with E-state index in [2.05, 4.69) is 16.8 Å². The second-order valence-electron chi connectivity index (χ2n) is 6.66. The molecule has 0 bridgehead atoms. The number of ether oxygens (including phenoxy) is 1. The zero-order valence-electron chi connectivity index (χ0n) is 13.7. The molecule has 1 heterocycles. The van der Waals surface area contributed by atoms with E-state index in [1.165, 1.54) is 25.7 Å². The van der Waals surface area contributed by atoms with Crippen LogP contribution in [0.25, 0.3) is 0 Å². The number of hydrogen-bond acceptors (Lipinski definition) is 5. The Morgan fingerprint density at radius 3 is 2.57 bits per heavy atom. The molecule has 0 unspecified atom stereocenters. The molecular weight excluding hydrogens is 294 g/mol. The van der Waals surface area contributed by atoms with Crippen molar-refractivity contribution in [3.63, 3.8) is 0 Å². The largest absolute Gasteiger partial charge is 0.491 e. The molecule has 0 atom stereocenters. The van der Waals surface area contributed by atoms with Crippen molar-refractivity contribution in [1.82, 2.24) is 4.90 Å². The Labute approximate surface area is 137 Å². The number of anilines is 1. The fourth-order valence-corrected chi connectivity index (χ4v) is 3.43. The summed E-state index contributed by atoms with van der Waals surface area (Å²) in [4.78, 5) is 15.3. The van der Waals surface area contributed by atoms with Gasteiger partial charge in [-0.15, -0.1) is 0 Å². The number of nitrogens with zero attached hydrogens (tertiary/aromatic N) is 3. The van der Waals surface area contributed by atoms with Gasteiger partial charge in [-0.05, 0) is 31.9 Å². The van der Waals surface area contributed by atoms with Gasteiger partial charge in [0.1, 0.15) is 5.75 Å². The number of rotatable bonds is 5. The van der Waals surface area contributed by atoms with Crippen LogP contribution in [0.4, 0.5) is 11.4 Å². The van der Waals surface area contributed by atoms with Gasteiger partial charge in [0, 0.05) is 32.2 Å². The lowest BCUT2D eigenvalue weighted by molar-refractivity contribution is -0.384. The van der Waals surface area contributed by atoms with E-state index in [9.17, 15) is 10.1 Å². The fraction of sp³-hybridized carbons (Fsp3) is 0.647. The van der Waals surface area contributed by atoms with Crippen LogP contribution in [0.15, 0.2) is 18.2 Å². The molecule has 0 spiro atoms. The maximum absolute atomic E-state index is 11.1. The van der Waals surface area contributed by atoms with Gasteiger partial charge < -0.3 is 14.5 Å². The van der Waals surface area contributed by atoms with Crippen molar-refractivity contribution in [1.29, 1.82) is 0 Å². The second kappa shape index (κ2) is 7.17. The number of nitro benzene ring substituents is 1. The van der Waals surface area contributed by atoms with Gasteiger partial charge in [-0.3, -0.25) is 10.1 Å². The van der Waals surface area contributed by atoms with Gasteiger partial charge in [0.15, 0.2) is 0 Å². The molecule has 23 heavy (non-hydrogen) atoms. The van der Waals surface area contributed by atoms with Crippen molar-refractivity contribution in [2.75, 3.05) is 44.7 Å². The molecule has 3 rings (SSSR count). The summed E-state index contributed by atoms with van der Waals surface area (Å²) in [6.07, 6.45) is 4.96. The van der Waals surface area contributed by atoms with Gasteiger partial charge in [0.05, 0.1) is 23.3 Å². The fourth-order valence-electron chi connectivity index (χ4n) is 3.43. The van der Waals surface area contributed by atoms with E-state index in [0.717, 1.165) is 31.9 Å².